The minimum Gasteiger partial charge on any atom is -0.258 e. The standard InChI is InChI=1S/C6I5NO2/c7-1-2(8)4(10)6(12(13)14)5(11)3(1)9. The lowest BCUT2D eigenvalue weighted by molar-refractivity contribution is -0.386. The Labute approximate surface area is 148 Å². The first-order valence-electron chi connectivity index (χ1n) is 3.03. The van der Waals surface area contributed by atoms with Gasteiger partial charge in [-0.15, -0.1) is 0 Å². The van der Waals surface area contributed by atoms with Crippen molar-refractivity contribution in [1.29, 1.82) is 0 Å². The Bertz CT molecular complexity index is 390. The molecule has 0 fully saturated rings. The monoisotopic (exact) mass is 753 g/mol. The molecule has 0 amide bonds. The smallest absolute Gasteiger partial charge is 0.258 e. The summed E-state index contributed by atoms with van der Waals surface area (Å²) in [6.07, 6.45) is 0. The van der Waals surface area contributed by atoms with Gasteiger partial charge in [-0.2, -0.15) is 0 Å². The fraction of sp³-hybridized carbons (Fsp3) is 0. The van der Waals surface area contributed by atoms with Gasteiger partial charge in [-0.25, -0.2) is 0 Å². The van der Waals surface area contributed by atoms with Crippen molar-refractivity contribution in [2.45, 2.75) is 0 Å². The van der Waals surface area contributed by atoms with Crippen LogP contribution in [0.25, 0.3) is 0 Å². The van der Waals surface area contributed by atoms with Crippen LogP contribution in [0.2, 0.25) is 0 Å². The molecule has 3 nitrogen and oxygen atoms in total. The number of rotatable bonds is 1. The summed E-state index contributed by atoms with van der Waals surface area (Å²) in [5, 5.41) is 10.8. The minimum atomic E-state index is -0.316. The molecule has 8 heteroatoms. The van der Waals surface area contributed by atoms with Crippen molar-refractivity contribution in [3.05, 3.63) is 28.0 Å². The number of nitro groups is 1. The molecular weight excluding hydrogens is 753 g/mol. The number of hydrogen-bond donors (Lipinski definition) is 0. The Kier molecular flexibility index (Phi) is 5.88. The molecule has 0 saturated carbocycles. The van der Waals surface area contributed by atoms with Gasteiger partial charge in [0.25, 0.3) is 5.69 Å². The molecule has 1 rings (SSSR count). The summed E-state index contributed by atoms with van der Waals surface area (Å²) in [5.41, 5.74) is 0.223. The van der Waals surface area contributed by atoms with Crippen LogP contribution in [0.15, 0.2) is 0 Å². The Hall–Kier alpha value is 2.27. The second-order valence-corrected chi connectivity index (χ2v) is 7.57. The lowest BCUT2D eigenvalue weighted by Gasteiger charge is -2.06. The summed E-state index contributed by atoms with van der Waals surface area (Å²) in [7, 11) is 0. The molecule has 0 radical (unpaired) electrons. The number of nitrogens with zero attached hydrogens (tertiary/aromatic N) is 1. The molecule has 0 aliphatic carbocycles. The first-order valence-corrected chi connectivity index (χ1v) is 8.43. The summed E-state index contributed by atoms with van der Waals surface area (Å²) in [6.45, 7) is 0. The third-order valence-electron chi connectivity index (χ3n) is 1.37. The Morgan fingerprint density at radius 1 is 0.786 bits per heavy atom. The quantitative estimate of drug-likeness (QED) is 0.138. The van der Waals surface area contributed by atoms with Crippen LogP contribution in [-0.2, 0) is 0 Å². The Morgan fingerprint density at radius 3 is 1.36 bits per heavy atom. The van der Waals surface area contributed by atoms with Crippen LogP contribution in [0.4, 0.5) is 5.69 Å². The normalized spacial score (nSPS) is 10.4. The average molecular weight is 753 g/mol. The maximum absolute atomic E-state index is 10.8. The van der Waals surface area contributed by atoms with E-state index in [1.165, 1.54) is 0 Å². The third kappa shape index (κ3) is 2.74. The largest absolute Gasteiger partial charge is 0.298 e. The van der Waals surface area contributed by atoms with Gasteiger partial charge >= 0.3 is 0 Å². The van der Waals surface area contributed by atoms with Crippen molar-refractivity contribution in [2.24, 2.45) is 0 Å². The van der Waals surface area contributed by atoms with Gasteiger partial charge < -0.3 is 0 Å². The second kappa shape index (κ2) is 5.74. The van der Waals surface area contributed by atoms with E-state index < -0.39 is 0 Å². The van der Waals surface area contributed by atoms with Gasteiger partial charge in [0.05, 0.1) is 4.92 Å². The molecule has 0 aromatic heterocycles. The van der Waals surface area contributed by atoms with E-state index in [0.717, 1.165) is 17.9 Å². The fourth-order valence-electron chi connectivity index (χ4n) is 0.754. The summed E-state index contributed by atoms with van der Waals surface area (Å²) < 4.78 is 4.45. The predicted molar refractivity (Wildman–Crippen MR) is 96.7 cm³/mol. The first-order chi connectivity index (χ1) is 6.37. The van der Waals surface area contributed by atoms with Crippen LogP contribution < -0.4 is 0 Å². The molecule has 0 saturated heterocycles. The maximum atomic E-state index is 10.8. The van der Waals surface area contributed by atoms with Crippen molar-refractivity contribution in [3.8, 4) is 0 Å². The highest BCUT2D eigenvalue weighted by atomic mass is 127. The minimum absolute atomic E-state index is 0.223. The molecular formula is C6I5NO2. The number of hydrogen-bond acceptors (Lipinski definition) is 2. The van der Waals surface area contributed by atoms with Crippen LogP contribution in [-0.4, -0.2) is 4.92 Å². The number of nitro benzene ring substituents is 1. The Balaban J connectivity index is 3.68. The van der Waals surface area contributed by atoms with Gasteiger partial charge in [-0.05, 0) is 113 Å². The zero-order valence-corrected chi connectivity index (χ0v) is 16.9. The SMILES string of the molecule is O=[N+]([O-])c1c(I)c(I)c(I)c(I)c1I. The second-order valence-electron chi connectivity index (χ2n) is 2.18. The average Bonchev–Trinajstić information content (AvgIpc) is 2.11. The molecule has 0 heterocycles. The fourth-order valence-corrected chi connectivity index (χ4v) is 5.88. The number of benzene rings is 1. The predicted octanol–water partition coefficient (Wildman–Crippen LogP) is 4.62. The molecule has 0 aliphatic rings. The van der Waals surface area contributed by atoms with Crippen LogP contribution in [0.5, 0.6) is 0 Å². The van der Waals surface area contributed by atoms with Gasteiger partial charge in [0.1, 0.15) is 7.14 Å². The van der Waals surface area contributed by atoms with Crippen LogP contribution in [0, 0.1) is 28.0 Å². The molecule has 14 heavy (non-hydrogen) atoms. The zero-order chi connectivity index (χ0) is 11.0. The van der Waals surface area contributed by atoms with Gasteiger partial charge in [-0.1, -0.05) is 0 Å². The van der Waals surface area contributed by atoms with Crippen molar-refractivity contribution in [1.82, 2.24) is 0 Å². The molecule has 1 aromatic carbocycles. The lowest BCUT2D eigenvalue weighted by atomic mass is 10.3. The van der Waals surface area contributed by atoms with Crippen molar-refractivity contribution in [3.63, 3.8) is 0 Å². The maximum Gasteiger partial charge on any atom is 0.298 e. The first kappa shape index (κ1) is 14.3. The van der Waals surface area contributed by atoms with E-state index in [4.69, 9.17) is 0 Å². The summed E-state index contributed by atoms with van der Waals surface area (Å²) in [6, 6.07) is 0. The van der Waals surface area contributed by atoms with E-state index >= 15 is 0 Å². The van der Waals surface area contributed by atoms with Crippen LogP contribution in [0.1, 0.15) is 0 Å². The molecule has 76 valence electrons. The van der Waals surface area contributed by atoms with Crippen molar-refractivity contribution in [2.75, 3.05) is 0 Å². The summed E-state index contributed by atoms with van der Waals surface area (Å²) in [5.74, 6) is 0. The van der Waals surface area contributed by atoms with E-state index in [2.05, 4.69) is 67.8 Å². The van der Waals surface area contributed by atoms with E-state index in [0.29, 0.717) is 0 Å². The number of halogens is 5. The van der Waals surface area contributed by atoms with Crippen LogP contribution >= 0.6 is 113 Å². The summed E-state index contributed by atoms with van der Waals surface area (Å²) >= 11 is 10.6. The van der Waals surface area contributed by atoms with Crippen LogP contribution in [0.3, 0.4) is 0 Å². The highest BCUT2D eigenvalue weighted by Gasteiger charge is 2.25. The molecule has 0 atom stereocenters. The molecule has 1 aromatic rings. The van der Waals surface area contributed by atoms with Gasteiger partial charge in [0.15, 0.2) is 0 Å². The van der Waals surface area contributed by atoms with Crippen molar-refractivity contribution < 1.29 is 4.92 Å². The zero-order valence-electron chi connectivity index (χ0n) is 6.15. The highest BCUT2D eigenvalue weighted by molar-refractivity contribution is 14.1. The molecule has 0 spiro atoms. The van der Waals surface area contributed by atoms with E-state index in [1.54, 1.807) is 0 Å². The topological polar surface area (TPSA) is 43.1 Å². The summed E-state index contributed by atoms with van der Waals surface area (Å²) in [4.78, 5) is 10.5. The molecule has 0 unspecified atom stereocenters. The molecule has 0 N–H and O–H groups in total. The van der Waals surface area contributed by atoms with Gasteiger partial charge in [0.2, 0.25) is 0 Å². The van der Waals surface area contributed by atoms with Gasteiger partial charge in [0, 0.05) is 10.7 Å². The highest BCUT2D eigenvalue weighted by Crippen LogP contribution is 2.37. The van der Waals surface area contributed by atoms with E-state index in [1.807, 2.05) is 45.2 Å². The molecule has 0 bridgehead atoms. The van der Waals surface area contributed by atoms with E-state index in [9.17, 15) is 10.1 Å². The van der Waals surface area contributed by atoms with Gasteiger partial charge in [-0.3, -0.25) is 10.1 Å². The molecule has 0 aliphatic heterocycles. The van der Waals surface area contributed by atoms with E-state index in [-0.39, 0.29) is 10.6 Å². The Morgan fingerprint density at radius 2 is 1.07 bits per heavy atom. The van der Waals surface area contributed by atoms with Crippen molar-refractivity contribution >= 4 is 119 Å². The third-order valence-corrected chi connectivity index (χ3v) is 10.8. The lowest BCUT2D eigenvalue weighted by Crippen LogP contribution is -2.02.